The van der Waals surface area contributed by atoms with Gasteiger partial charge in [0.05, 0.1) is 5.41 Å². The third-order valence-corrected chi connectivity index (χ3v) is 3.75. The minimum atomic E-state index is -0.800. The van der Waals surface area contributed by atoms with Gasteiger partial charge in [-0.05, 0) is 12.8 Å². The molecule has 20 heavy (non-hydrogen) atoms. The van der Waals surface area contributed by atoms with Crippen LogP contribution in [0.5, 0.6) is 0 Å². The highest BCUT2D eigenvalue weighted by atomic mass is 16.4. The van der Waals surface area contributed by atoms with E-state index in [1.165, 1.54) is 12.4 Å². The van der Waals surface area contributed by atoms with Gasteiger partial charge in [0.25, 0.3) is 5.91 Å². The van der Waals surface area contributed by atoms with Crippen molar-refractivity contribution in [3.05, 3.63) is 18.1 Å². The minimum Gasteiger partial charge on any atom is -0.481 e. The lowest BCUT2D eigenvalue weighted by molar-refractivity contribution is -0.148. The Kier molecular flexibility index (Phi) is 3.87. The summed E-state index contributed by atoms with van der Waals surface area (Å²) in [6.07, 6.45) is 4.80. The van der Waals surface area contributed by atoms with Gasteiger partial charge < -0.3 is 15.7 Å². The van der Waals surface area contributed by atoms with Crippen molar-refractivity contribution in [3.63, 3.8) is 0 Å². The highest BCUT2D eigenvalue weighted by molar-refractivity contribution is 5.95. The number of carboxylic acids is 1. The molecule has 2 rings (SSSR count). The largest absolute Gasteiger partial charge is 0.481 e. The Morgan fingerprint density at radius 1 is 1.45 bits per heavy atom. The topological polar surface area (TPSA) is 109 Å². The van der Waals surface area contributed by atoms with Crippen LogP contribution in [-0.4, -0.2) is 40.0 Å². The molecule has 3 N–H and O–H groups in total. The highest BCUT2D eigenvalue weighted by Crippen LogP contribution is 2.37. The molecule has 7 heteroatoms. The van der Waals surface area contributed by atoms with E-state index in [1.807, 2.05) is 6.92 Å². The van der Waals surface area contributed by atoms with Gasteiger partial charge >= 0.3 is 5.97 Å². The lowest BCUT2D eigenvalue weighted by Gasteiger charge is -2.25. The number of aromatic nitrogens is 2. The van der Waals surface area contributed by atoms with E-state index >= 15 is 0 Å². The first-order valence-electron chi connectivity index (χ1n) is 6.59. The molecule has 1 unspecified atom stereocenters. The first-order chi connectivity index (χ1) is 9.50. The third kappa shape index (κ3) is 2.43. The molecule has 1 aliphatic heterocycles. The first-order valence-corrected chi connectivity index (χ1v) is 6.59. The lowest BCUT2D eigenvalue weighted by Crippen LogP contribution is -2.35. The molecule has 0 spiro atoms. The fourth-order valence-electron chi connectivity index (χ4n) is 2.75. The number of hydrogen-bond donors (Lipinski definition) is 2. The van der Waals surface area contributed by atoms with Crippen LogP contribution in [0, 0.1) is 5.41 Å². The molecule has 108 valence electrons. The van der Waals surface area contributed by atoms with Crippen LogP contribution in [0.3, 0.4) is 0 Å². The molecule has 0 aliphatic carbocycles. The van der Waals surface area contributed by atoms with E-state index in [0.717, 1.165) is 6.42 Å². The van der Waals surface area contributed by atoms with Crippen LogP contribution in [-0.2, 0) is 4.79 Å². The molecule has 0 radical (unpaired) electrons. The Hall–Kier alpha value is -2.18. The van der Waals surface area contributed by atoms with Gasteiger partial charge in [0.1, 0.15) is 0 Å². The molecule has 0 bridgehead atoms. The second-order valence-electron chi connectivity index (χ2n) is 5.10. The van der Waals surface area contributed by atoms with Crippen LogP contribution >= 0.6 is 0 Å². The molecule has 1 aromatic heterocycles. The summed E-state index contributed by atoms with van der Waals surface area (Å²) in [5.41, 5.74) is 4.60. The molecule has 1 aliphatic rings. The maximum Gasteiger partial charge on any atom is 0.311 e. The van der Waals surface area contributed by atoms with E-state index in [2.05, 4.69) is 9.97 Å². The smallest absolute Gasteiger partial charge is 0.311 e. The van der Waals surface area contributed by atoms with Crippen LogP contribution in [0.4, 0.5) is 5.82 Å². The average Bonchev–Trinajstić information content (AvgIpc) is 2.85. The SMILES string of the molecule is CCCC1(C(=O)O)CCN(c2nccnc2C(N)=O)C1. The summed E-state index contributed by atoms with van der Waals surface area (Å²) in [6, 6.07) is 0. The number of rotatable bonds is 5. The summed E-state index contributed by atoms with van der Waals surface area (Å²) < 4.78 is 0. The van der Waals surface area contributed by atoms with Gasteiger partial charge in [0.2, 0.25) is 0 Å². The van der Waals surface area contributed by atoms with E-state index in [9.17, 15) is 14.7 Å². The normalized spacial score (nSPS) is 21.9. The molecule has 1 atom stereocenters. The maximum atomic E-state index is 11.6. The summed E-state index contributed by atoms with van der Waals surface area (Å²) in [5.74, 6) is -1.08. The highest BCUT2D eigenvalue weighted by Gasteiger charge is 2.45. The number of aliphatic carboxylic acids is 1. The molecular weight excluding hydrogens is 260 g/mol. The molecule has 2 heterocycles. The Bertz CT molecular complexity index is 534. The summed E-state index contributed by atoms with van der Waals surface area (Å²) in [7, 11) is 0. The van der Waals surface area contributed by atoms with Gasteiger partial charge in [-0.2, -0.15) is 0 Å². The van der Waals surface area contributed by atoms with Crippen molar-refractivity contribution in [1.29, 1.82) is 0 Å². The van der Waals surface area contributed by atoms with E-state index in [4.69, 9.17) is 5.73 Å². The molecule has 1 aromatic rings. The Morgan fingerprint density at radius 3 is 2.75 bits per heavy atom. The minimum absolute atomic E-state index is 0.0881. The fourth-order valence-corrected chi connectivity index (χ4v) is 2.75. The van der Waals surface area contributed by atoms with Crippen molar-refractivity contribution >= 4 is 17.7 Å². The average molecular weight is 278 g/mol. The predicted molar refractivity (Wildman–Crippen MR) is 72.4 cm³/mol. The molecular formula is C13H18N4O3. The number of primary amides is 1. The van der Waals surface area contributed by atoms with Gasteiger partial charge in [0.15, 0.2) is 11.5 Å². The van der Waals surface area contributed by atoms with Crippen molar-refractivity contribution in [2.75, 3.05) is 18.0 Å². The summed E-state index contributed by atoms with van der Waals surface area (Å²) in [5, 5.41) is 9.48. The van der Waals surface area contributed by atoms with Crippen molar-refractivity contribution in [2.45, 2.75) is 26.2 Å². The quantitative estimate of drug-likeness (QED) is 0.818. The van der Waals surface area contributed by atoms with Crippen LogP contribution in [0.25, 0.3) is 0 Å². The Balaban J connectivity index is 2.29. The van der Waals surface area contributed by atoms with Gasteiger partial charge in [-0.25, -0.2) is 9.97 Å². The zero-order valence-corrected chi connectivity index (χ0v) is 11.4. The number of anilines is 1. The molecule has 0 aromatic carbocycles. The van der Waals surface area contributed by atoms with Gasteiger partial charge in [0, 0.05) is 25.5 Å². The van der Waals surface area contributed by atoms with Crippen LogP contribution in [0.15, 0.2) is 12.4 Å². The van der Waals surface area contributed by atoms with E-state index in [-0.39, 0.29) is 5.69 Å². The fraction of sp³-hybridized carbons (Fsp3) is 0.538. The predicted octanol–water partition coefficient (Wildman–Crippen LogP) is 0.657. The zero-order valence-electron chi connectivity index (χ0n) is 11.4. The van der Waals surface area contributed by atoms with Gasteiger partial charge in [-0.1, -0.05) is 13.3 Å². The van der Waals surface area contributed by atoms with Gasteiger partial charge in [-0.3, -0.25) is 9.59 Å². The van der Waals surface area contributed by atoms with Crippen LogP contribution < -0.4 is 10.6 Å². The van der Waals surface area contributed by atoms with Crippen molar-refractivity contribution in [1.82, 2.24) is 9.97 Å². The summed E-state index contributed by atoms with van der Waals surface area (Å²) in [4.78, 5) is 32.8. The number of hydrogen-bond acceptors (Lipinski definition) is 5. The zero-order chi connectivity index (χ0) is 14.8. The number of nitrogens with zero attached hydrogens (tertiary/aromatic N) is 3. The lowest BCUT2D eigenvalue weighted by atomic mass is 9.83. The number of carboxylic acid groups (broad SMARTS) is 1. The standard InChI is InChI=1S/C13H18N4O3/c1-2-3-13(12(19)20)4-7-17(8-13)11-9(10(14)18)15-5-6-16-11/h5-6H,2-4,7-8H2,1H3,(H2,14,18)(H,19,20). The Morgan fingerprint density at radius 2 is 2.15 bits per heavy atom. The van der Waals surface area contributed by atoms with Crippen molar-refractivity contribution in [2.24, 2.45) is 11.1 Å². The second-order valence-corrected chi connectivity index (χ2v) is 5.10. The number of carbonyl (C=O) groups is 2. The van der Waals surface area contributed by atoms with E-state index in [0.29, 0.717) is 31.7 Å². The monoisotopic (exact) mass is 278 g/mol. The maximum absolute atomic E-state index is 11.6. The number of carbonyl (C=O) groups excluding carboxylic acids is 1. The summed E-state index contributed by atoms with van der Waals surface area (Å²) in [6.45, 7) is 2.82. The number of amides is 1. The molecule has 0 saturated carbocycles. The van der Waals surface area contributed by atoms with Crippen LogP contribution in [0.1, 0.15) is 36.7 Å². The van der Waals surface area contributed by atoms with E-state index in [1.54, 1.807) is 4.90 Å². The molecule has 1 fully saturated rings. The molecule has 7 nitrogen and oxygen atoms in total. The molecule has 1 saturated heterocycles. The summed E-state index contributed by atoms with van der Waals surface area (Å²) >= 11 is 0. The van der Waals surface area contributed by atoms with Crippen molar-refractivity contribution in [3.8, 4) is 0 Å². The third-order valence-electron chi connectivity index (χ3n) is 3.75. The van der Waals surface area contributed by atoms with E-state index < -0.39 is 17.3 Å². The molecule has 1 amide bonds. The number of nitrogens with two attached hydrogens (primary N) is 1. The first kappa shape index (κ1) is 14.2. The van der Waals surface area contributed by atoms with Gasteiger partial charge in [-0.15, -0.1) is 0 Å². The van der Waals surface area contributed by atoms with Crippen molar-refractivity contribution < 1.29 is 14.7 Å². The second kappa shape index (κ2) is 5.44. The van der Waals surface area contributed by atoms with Crippen LogP contribution in [0.2, 0.25) is 0 Å². The Labute approximate surface area is 116 Å².